The standard InChI is InChI=1S/C33H40N4O5/c1-5-19-41-30(42-20-6-2)22-37-28-10-8-7-9-27(28)33(31(37)39,21-29(38)34-25-15-11-23(3)12-16-25)36-32(40)35-26-17-13-24(4)14-18-26/h7-18,30H,5-6,19-22H2,1-4H3,(H,34,38)(H2,35,36,40). The van der Waals surface area contributed by atoms with Gasteiger partial charge in [-0.3, -0.25) is 9.59 Å². The molecule has 0 fully saturated rings. The van der Waals surface area contributed by atoms with Gasteiger partial charge < -0.3 is 30.3 Å². The molecular formula is C33H40N4O5. The summed E-state index contributed by atoms with van der Waals surface area (Å²) in [5.74, 6) is -0.854. The smallest absolute Gasteiger partial charge is 0.320 e. The molecule has 1 heterocycles. The number of rotatable bonds is 13. The summed E-state index contributed by atoms with van der Waals surface area (Å²) in [4.78, 5) is 42.9. The molecule has 9 nitrogen and oxygen atoms in total. The van der Waals surface area contributed by atoms with E-state index in [1.54, 1.807) is 41.3 Å². The summed E-state index contributed by atoms with van der Waals surface area (Å²) in [6.07, 6.45) is 0.603. The van der Waals surface area contributed by atoms with Crippen LogP contribution in [0.15, 0.2) is 72.8 Å². The molecule has 0 spiro atoms. The van der Waals surface area contributed by atoms with Crippen molar-refractivity contribution in [2.24, 2.45) is 0 Å². The summed E-state index contributed by atoms with van der Waals surface area (Å²) < 4.78 is 11.9. The summed E-state index contributed by atoms with van der Waals surface area (Å²) in [6.45, 7) is 8.97. The molecule has 0 aliphatic carbocycles. The first-order chi connectivity index (χ1) is 20.3. The molecule has 42 heavy (non-hydrogen) atoms. The van der Waals surface area contributed by atoms with Crippen LogP contribution in [0.5, 0.6) is 0 Å². The summed E-state index contributed by atoms with van der Waals surface area (Å²) >= 11 is 0. The number of carbonyl (C=O) groups is 3. The van der Waals surface area contributed by atoms with Crippen molar-refractivity contribution in [2.75, 3.05) is 35.3 Å². The number of hydrogen-bond acceptors (Lipinski definition) is 5. The van der Waals surface area contributed by atoms with Gasteiger partial charge in [0.2, 0.25) is 5.91 Å². The highest BCUT2D eigenvalue weighted by molar-refractivity contribution is 6.12. The molecule has 4 amide bonds. The molecule has 0 saturated carbocycles. The molecule has 1 atom stereocenters. The van der Waals surface area contributed by atoms with E-state index >= 15 is 0 Å². The van der Waals surface area contributed by atoms with Crippen molar-refractivity contribution in [1.82, 2.24) is 5.32 Å². The maximum Gasteiger partial charge on any atom is 0.320 e. The number of ether oxygens (including phenoxy) is 2. The number of benzene rings is 3. The number of nitrogens with one attached hydrogen (secondary N) is 3. The third-order valence-electron chi connectivity index (χ3n) is 7.01. The first-order valence-electron chi connectivity index (χ1n) is 14.4. The van der Waals surface area contributed by atoms with E-state index in [-0.39, 0.29) is 13.0 Å². The number of amides is 4. The molecule has 1 aliphatic rings. The van der Waals surface area contributed by atoms with Crippen LogP contribution in [0.3, 0.4) is 0 Å². The molecule has 9 heteroatoms. The molecule has 1 aliphatic heterocycles. The largest absolute Gasteiger partial charge is 0.351 e. The number of urea groups is 1. The van der Waals surface area contributed by atoms with E-state index in [1.165, 1.54) is 0 Å². The molecule has 222 valence electrons. The van der Waals surface area contributed by atoms with Crippen LogP contribution in [-0.2, 0) is 24.6 Å². The second-order valence-corrected chi connectivity index (χ2v) is 10.5. The van der Waals surface area contributed by atoms with Crippen molar-refractivity contribution < 1.29 is 23.9 Å². The zero-order valence-electron chi connectivity index (χ0n) is 24.7. The second-order valence-electron chi connectivity index (χ2n) is 10.5. The highest BCUT2D eigenvalue weighted by Gasteiger charge is 2.53. The molecule has 0 saturated heterocycles. The van der Waals surface area contributed by atoms with Gasteiger partial charge in [0, 0.05) is 30.2 Å². The van der Waals surface area contributed by atoms with Gasteiger partial charge in [-0.2, -0.15) is 0 Å². The van der Waals surface area contributed by atoms with E-state index < -0.39 is 29.7 Å². The zero-order valence-corrected chi connectivity index (χ0v) is 24.7. The van der Waals surface area contributed by atoms with Crippen LogP contribution < -0.4 is 20.9 Å². The Morgan fingerprint density at radius 1 is 0.810 bits per heavy atom. The molecule has 0 aromatic heterocycles. The lowest BCUT2D eigenvalue weighted by atomic mass is 9.87. The fourth-order valence-corrected chi connectivity index (χ4v) is 4.92. The summed E-state index contributed by atoms with van der Waals surface area (Å²) in [5.41, 5.74) is 2.71. The van der Waals surface area contributed by atoms with Crippen LogP contribution in [0.4, 0.5) is 21.9 Å². The number of anilines is 3. The van der Waals surface area contributed by atoms with Gasteiger partial charge in [0.15, 0.2) is 11.8 Å². The molecule has 3 aromatic rings. The van der Waals surface area contributed by atoms with E-state index in [2.05, 4.69) is 16.0 Å². The van der Waals surface area contributed by atoms with Crippen molar-refractivity contribution in [3.05, 3.63) is 89.5 Å². The Bertz CT molecular complexity index is 1300. The van der Waals surface area contributed by atoms with Gasteiger partial charge >= 0.3 is 6.03 Å². The van der Waals surface area contributed by atoms with Gasteiger partial charge in [0.05, 0.1) is 18.7 Å². The van der Waals surface area contributed by atoms with Crippen LogP contribution in [0, 0.1) is 13.8 Å². The van der Waals surface area contributed by atoms with E-state index in [0.717, 1.165) is 24.0 Å². The van der Waals surface area contributed by atoms with Gasteiger partial charge in [0.25, 0.3) is 5.91 Å². The van der Waals surface area contributed by atoms with E-state index in [4.69, 9.17) is 9.47 Å². The van der Waals surface area contributed by atoms with Crippen molar-refractivity contribution >= 4 is 34.9 Å². The van der Waals surface area contributed by atoms with Crippen molar-refractivity contribution in [1.29, 1.82) is 0 Å². The van der Waals surface area contributed by atoms with Crippen molar-refractivity contribution in [3.63, 3.8) is 0 Å². The van der Waals surface area contributed by atoms with Crippen LogP contribution in [0.1, 0.15) is 49.8 Å². The normalized spacial score (nSPS) is 15.9. The summed E-state index contributed by atoms with van der Waals surface area (Å²) in [6, 6.07) is 21.3. The SMILES string of the molecule is CCCOC(CN1C(=O)C(CC(=O)Nc2ccc(C)cc2)(NC(=O)Nc2ccc(C)cc2)c2ccccc21)OCCC. The van der Waals surface area contributed by atoms with Gasteiger partial charge in [-0.05, 0) is 57.0 Å². The van der Waals surface area contributed by atoms with Crippen LogP contribution in [0.25, 0.3) is 0 Å². The highest BCUT2D eigenvalue weighted by atomic mass is 16.7. The Kier molecular flexibility index (Phi) is 10.3. The number of carbonyl (C=O) groups excluding carboxylic acids is 3. The average Bonchev–Trinajstić information content (AvgIpc) is 3.19. The number of hydrogen-bond donors (Lipinski definition) is 3. The molecule has 4 rings (SSSR count). The third kappa shape index (κ3) is 7.35. The lowest BCUT2D eigenvalue weighted by molar-refractivity contribution is -0.142. The fourth-order valence-electron chi connectivity index (χ4n) is 4.92. The predicted octanol–water partition coefficient (Wildman–Crippen LogP) is 5.88. The van der Waals surface area contributed by atoms with E-state index in [0.29, 0.717) is 35.8 Å². The Morgan fingerprint density at radius 3 is 1.93 bits per heavy atom. The fraction of sp³-hybridized carbons (Fsp3) is 0.364. The molecule has 3 aromatic carbocycles. The van der Waals surface area contributed by atoms with E-state index in [1.807, 2.05) is 64.1 Å². The van der Waals surface area contributed by atoms with Crippen LogP contribution >= 0.6 is 0 Å². The minimum Gasteiger partial charge on any atom is -0.351 e. The first-order valence-corrected chi connectivity index (χ1v) is 14.4. The van der Waals surface area contributed by atoms with Gasteiger partial charge in [0.1, 0.15) is 0 Å². The van der Waals surface area contributed by atoms with E-state index in [9.17, 15) is 14.4 Å². The summed E-state index contributed by atoms with van der Waals surface area (Å²) in [7, 11) is 0. The molecule has 3 N–H and O–H groups in total. The minimum absolute atomic E-state index is 0.110. The number of para-hydroxylation sites is 1. The zero-order chi connectivity index (χ0) is 30.1. The molecule has 0 bridgehead atoms. The van der Waals surface area contributed by atoms with Gasteiger partial charge in [-0.25, -0.2) is 4.79 Å². The number of aryl methyl sites for hydroxylation is 2. The Labute approximate surface area is 247 Å². The Hall–Kier alpha value is -4.21. The maximum atomic E-state index is 14.4. The van der Waals surface area contributed by atoms with Gasteiger partial charge in [-0.15, -0.1) is 0 Å². The quantitative estimate of drug-likeness (QED) is 0.222. The highest BCUT2D eigenvalue weighted by Crippen LogP contribution is 2.43. The van der Waals surface area contributed by atoms with Crippen LogP contribution in [0.2, 0.25) is 0 Å². The number of fused-ring (bicyclic) bond motifs is 1. The molecule has 1 unspecified atom stereocenters. The Morgan fingerprint density at radius 2 is 1.36 bits per heavy atom. The third-order valence-corrected chi connectivity index (χ3v) is 7.01. The van der Waals surface area contributed by atoms with Gasteiger partial charge in [-0.1, -0.05) is 67.4 Å². The molecular weight excluding hydrogens is 532 g/mol. The van der Waals surface area contributed by atoms with Crippen LogP contribution in [-0.4, -0.2) is 43.9 Å². The first kappa shape index (κ1) is 30.7. The average molecular weight is 573 g/mol. The maximum absolute atomic E-state index is 14.4. The summed E-state index contributed by atoms with van der Waals surface area (Å²) in [5, 5.41) is 8.59. The topological polar surface area (TPSA) is 109 Å². The molecule has 0 radical (unpaired) electrons. The number of nitrogens with zero attached hydrogens (tertiary/aromatic N) is 1. The lowest BCUT2D eigenvalue weighted by Crippen LogP contribution is -2.56. The second kappa shape index (κ2) is 14.1. The Balaban J connectivity index is 1.68. The predicted molar refractivity (Wildman–Crippen MR) is 165 cm³/mol. The monoisotopic (exact) mass is 572 g/mol. The minimum atomic E-state index is -1.67. The van der Waals surface area contributed by atoms with Crippen molar-refractivity contribution in [3.8, 4) is 0 Å². The lowest BCUT2D eigenvalue weighted by Gasteiger charge is -2.30. The van der Waals surface area contributed by atoms with Crippen molar-refractivity contribution in [2.45, 2.75) is 58.8 Å².